The Morgan fingerprint density at radius 1 is 0.857 bits per heavy atom. The molecule has 0 amide bonds. The van der Waals surface area contributed by atoms with Crippen LogP contribution in [0.4, 0.5) is 0 Å². The number of allylic oxidation sites excluding steroid dienone is 2. The summed E-state index contributed by atoms with van der Waals surface area (Å²) in [6.07, 6.45) is 17.8. The van der Waals surface area contributed by atoms with Crippen LogP contribution in [0.5, 0.6) is 0 Å². The molecule has 5 heteroatoms. The first kappa shape index (κ1) is 25.6. The van der Waals surface area contributed by atoms with E-state index < -0.39 is 24.4 Å². The number of aliphatic hydroxyl groups excluding tert-OH is 3. The van der Waals surface area contributed by atoms with E-state index in [4.69, 9.17) is 14.6 Å². The quantitative estimate of drug-likeness (QED) is 0.253. The average Bonchev–Trinajstić information content (AvgIpc) is 2.70. The molecule has 0 aromatic rings. The maximum atomic E-state index is 10.1. The van der Waals surface area contributed by atoms with Gasteiger partial charge in [-0.2, -0.15) is 0 Å². The van der Waals surface area contributed by atoms with Gasteiger partial charge >= 0.3 is 0 Å². The van der Waals surface area contributed by atoms with Crippen LogP contribution in [0.3, 0.4) is 0 Å². The van der Waals surface area contributed by atoms with Crippen LogP contribution in [0.25, 0.3) is 0 Å². The molecule has 5 nitrogen and oxygen atoms in total. The average molecular weight is 401 g/mol. The molecular weight excluding hydrogens is 356 g/mol. The summed E-state index contributed by atoms with van der Waals surface area (Å²) in [5.41, 5.74) is 0. The highest BCUT2D eigenvalue weighted by Crippen LogP contribution is 2.19. The van der Waals surface area contributed by atoms with Gasteiger partial charge in [0.15, 0.2) is 0 Å². The minimum atomic E-state index is -0.971. The fourth-order valence-electron chi connectivity index (χ4n) is 3.63. The molecule has 28 heavy (non-hydrogen) atoms. The number of rotatable bonds is 17. The van der Waals surface area contributed by atoms with Gasteiger partial charge in [0.05, 0.1) is 13.2 Å². The topological polar surface area (TPSA) is 79.2 Å². The van der Waals surface area contributed by atoms with Crippen molar-refractivity contribution in [2.45, 2.75) is 115 Å². The Morgan fingerprint density at radius 3 is 2.04 bits per heavy atom. The van der Waals surface area contributed by atoms with Crippen molar-refractivity contribution >= 4 is 0 Å². The van der Waals surface area contributed by atoms with Gasteiger partial charge < -0.3 is 24.8 Å². The monoisotopic (exact) mass is 400 g/mol. The van der Waals surface area contributed by atoms with E-state index in [9.17, 15) is 10.2 Å². The van der Waals surface area contributed by atoms with Gasteiger partial charge in [-0.1, -0.05) is 76.9 Å². The van der Waals surface area contributed by atoms with Gasteiger partial charge in [0.1, 0.15) is 24.4 Å². The second-order valence-electron chi connectivity index (χ2n) is 8.03. The summed E-state index contributed by atoms with van der Waals surface area (Å²) >= 11 is 0. The van der Waals surface area contributed by atoms with Gasteiger partial charge in [-0.05, 0) is 25.7 Å². The Labute approximate surface area is 172 Å². The second kappa shape index (κ2) is 17.4. The number of unbranched alkanes of at least 4 members (excludes halogenated alkanes) is 11. The van der Waals surface area contributed by atoms with Crippen molar-refractivity contribution in [3.8, 4) is 0 Å². The molecule has 0 spiro atoms. The van der Waals surface area contributed by atoms with Gasteiger partial charge in [-0.15, -0.1) is 0 Å². The summed E-state index contributed by atoms with van der Waals surface area (Å²) in [6.45, 7) is 2.59. The van der Waals surface area contributed by atoms with Crippen molar-refractivity contribution in [2.24, 2.45) is 0 Å². The molecule has 0 bridgehead atoms. The minimum Gasteiger partial charge on any atom is -0.394 e. The summed E-state index contributed by atoms with van der Waals surface area (Å²) < 4.78 is 10.8. The lowest BCUT2D eigenvalue weighted by Gasteiger charge is -2.37. The number of hydrogen-bond acceptors (Lipinski definition) is 5. The summed E-state index contributed by atoms with van der Waals surface area (Å²) in [5.74, 6) is 0. The van der Waals surface area contributed by atoms with E-state index in [0.717, 1.165) is 12.8 Å². The van der Waals surface area contributed by atoms with Gasteiger partial charge in [-0.3, -0.25) is 0 Å². The third kappa shape index (κ3) is 11.5. The van der Waals surface area contributed by atoms with Crippen LogP contribution >= 0.6 is 0 Å². The smallest absolute Gasteiger partial charge is 0.114 e. The van der Waals surface area contributed by atoms with Crippen molar-refractivity contribution < 1.29 is 24.8 Å². The van der Waals surface area contributed by atoms with Crippen LogP contribution in [-0.4, -0.2) is 59.6 Å². The number of aliphatic hydroxyl groups is 3. The summed E-state index contributed by atoms with van der Waals surface area (Å²) in [4.78, 5) is 0. The summed E-state index contributed by atoms with van der Waals surface area (Å²) in [7, 11) is 0. The fraction of sp³-hybridized carbons (Fsp3) is 0.913. The highest BCUT2D eigenvalue weighted by atomic mass is 16.6. The summed E-state index contributed by atoms with van der Waals surface area (Å²) in [6, 6.07) is 0. The van der Waals surface area contributed by atoms with Crippen molar-refractivity contribution in [3.63, 3.8) is 0 Å². The predicted molar refractivity (Wildman–Crippen MR) is 113 cm³/mol. The zero-order valence-corrected chi connectivity index (χ0v) is 17.9. The lowest BCUT2D eigenvalue weighted by molar-refractivity contribution is -0.210. The molecule has 166 valence electrons. The molecule has 0 aromatic heterocycles. The van der Waals surface area contributed by atoms with Crippen LogP contribution in [0, 0.1) is 0 Å². The van der Waals surface area contributed by atoms with Crippen LogP contribution in [0.1, 0.15) is 90.4 Å². The normalized spacial score (nSPS) is 25.6. The molecule has 0 aromatic carbocycles. The molecule has 1 saturated heterocycles. The first-order valence-corrected chi connectivity index (χ1v) is 11.6. The maximum absolute atomic E-state index is 10.1. The highest BCUT2D eigenvalue weighted by molar-refractivity contribution is 4.87. The molecule has 0 aliphatic carbocycles. The van der Waals surface area contributed by atoms with Crippen LogP contribution in [0.15, 0.2) is 12.2 Å². The third-order valence-corrected chi connectivity index (χ3v) is 5.46. The third-order valence-electron chi connectivity index (χ3n) is 5.46. The largest absolute Gasteiger partial charge is 0.394 e. The van der Waals surface area contributed by atoms with E-state index in [2.05, 4.69) is 19.1 Å². The van der Waals surface area contributed by atoms with Crippen molar-refractivity contribution in [1.82, 2.24) is 0 Å². The first-order chi connectivity index (χ1) is 13.7. The highest BCUT2D eigenvalue weighted by Gasteiger charge is 2.38. The van der Waals surface area contributed by atoms with Gasteiger partial charge in [-0.25, -0.2) is 0 Å². The van der Waals surface area contributed by atoms with E-state index in [-0.39, 0.29) is 13.2 Å². The van der Waals surface area contributed by atoms with Gasteiger partial charge in [0, 0.05) is 6.61 Å². The molecule has 1 rings (SSSR count). The molecule has 1 aliphatic heterocycles. The molecule has 1 aliphatic rings. The van der Waals surface area contributed by atoms with Gasteiger partial charge in [0.25, 0.3) is 0 Å². The molecular formula is C23H44O5. The molecule has 4 atom stereocenters. The van der Waals surface area contributed by atoms with E-state index in [0.29, 0.717) is 6.61 Å². The van der Waals surface area contributed by atoms with E-state index in [1.807, 2.05) is 0 Å². The predicted octanol–water partition coefficient (Wildman–Crippen LogP) is 4.13. The lowest BCUT2D eigenvalue weighted by atomic mass is 10.0. The first-order valence-electron chi connectivity index (χ1n) is 11.6. The molecule has 0 saturated carbocycles. The number of hydrogen-bond donors (Lipinski definition) is 3. The molecule has 3 N–H and O–H groups in total. The lowest BCUT2D eigenvalue weighted by Crippen LogP contribution is -2.55. The van der Waals surface area contributed by atoms with Crippen molar-refractivity contribution in [2.75, 3.05) is 19.8 Å². The SMILES string of the molecule is CCC/C=C/CCCCCCCCCCCCO[C@@H]1[C@@H](O)[C@H](CO)OC[C@H]1O. The zero-order chi connectivity index (χ0) is 20.5. The Morgan fingerprint density at radius 2 is 1.43 bits per heavy atom. The van der Waals surface area contributed by atoms with Crippen LogP contribution < -0.4 is 0 Å². The van der Waals surface area contributed by atoms with Gasteiger partial charge in [0.2, 0.25) is 0 Å². The zero-order valence-electron chi connectivity index (χ0n) is 17.9. The number of ether oxygens (including phenoxy) is 2. The standard InChI is InChI=1S/C23H44O5/c1-2-3-4-5-6-7-8-9-10-11-12-13-14-15-16-17-27-23-20(25)19-28-21(18-24)22(23)26/h4-5,20-26H,2-3,6-19H2,1H3/b5-4+/t20-,21+,22+,23+/m1/s1. The maximum Gasteiger partial charge on any atom is 0.114 e. The molecule has 1 heterocycles. The van der Waals surface area contributed by atoms with Crippen LogP contribution in [0.2, 0.25) is 0 Å². The Bertz CT molecular complexity index is 374. The Hall–Kier alpha value is -0.460. The molecule has 0 radical (unpaired) electrons. The molecule has 1 fully saturated rings. The second-order valence-corrected chi connectivity index (χ2v) is 8.03. The van der Waals surface area contributed by atoms with Crippen molar-refractivity contribution in [1.29, 1.82) is 0 Å². The fourth-order valence-corrected chi connectivity index (χ4v) is 3.63. The Balaban J connectivity index is 1.86. The van der Waals surface area contributed by atoms with E-state index in [1.54, 1.807) is 0 Å². The Kier molecular flexibility index (Phi) is 15.9. The van der Waals surface area contributed by atoms with E-state index in [1.165, 1.54) is 70.6 Å². The summed E-state index contributed by atoms with van der Waals surface area (Å²) in [5, 5.41) is 29.1. The molecule has 0 unspecified atom stereocenters. The minimum absolute atomic E-state index is 0.0997. The van der Waals surface area contributed by atoms with Crippen molar-refractivity contribution in [3.05, 3.63) is 12.2 Å². The van der Waals surface area contributed by atoms with E-state index >= 15 is 0 Å². The van der Waals surface area contributed by atoms with Crippen LogP contribution in [-0.2, 0) is 9.47 Å².